The number of thiazole rings is 1. The Morgan fingerprint density at radius 2 is 2.19 bits per heavy atom. The number of aryl methyl sites for hydroxylation is 1. The van der Waals surface area contributed by atoms with Crippen LogP contribution in [0.25, 0.3) is 0 Å². The van der Waals surface area contributed by atoms with Gasteiger partial charge in [-0.15, -0.1) is 11.3 Å². The molecule has 3 heterocycles. The Kier molecular flexibility index (Phi) is 3.73. The average molecular weight is 307 g/mol. The quantitative estimate of drug-likeness (QED) is 0.853. The van der Waals surface area contributed by atoms with E-state index in [0.717, 1.165) is 18.1 Å². The zero-order valence-corrected chi connectivity index (χ0v) is 13.5. The summed E-state index contributed by atoms with van der Waals surface area (Å²) in [6.45, 7) is 9.00. The summed E-state index contributed by atoms with van der Waals surface area (Å²) in [5.74, 6) is 0.964. The maximum absolute atomic E-state index is 12.4. The predicted octanol–water partition coefficient (Wildman–Crippen LogP) is 1.64. The summed E-state index contributed by atoms with van der Waals surface area (Å²) in [6.07, 6.45) is 0. The van der Waals surface area contributed by atoms with Crippen molar-refractivity contribution >= 4 is 23.2 Å². The summed E-state index contributed by atoms with van der Waals surface area (Å²) >= 11 is 1.49. The lowest BCUT2D eigenvalue weighted by molar-refractivity contribution is -0.131. The summed E-state index contributed by atoms with van der Waals surface area (Å²) in [5.41, 5.74) is 0.518. The molecule has 3 rings (SSSR count). The molecule has 0 bridgehead atoms. The van der Waals surface area contributed by atoms with Crippen LogP contribution in [0.2, 0.25) is 0 Å². The Bertz CT molecular complexity index is 569. The third-order valence-electron chi connectivity index (χ3n) is 4.24. The van der Waals surface area contributed by atoms with Gasteiger partial charge in [0.1, 0.15) is 5.69 Å². The minimum atomic E-state index is -0.0306. The van der Waals surface area contributed by atoms with Crippen LogP contribution in [0.5, 0.6) is 0 Å². The molecule has 1 aromatic heterocycles. The molecule has 2 saturated heterocycles. The van der Waals surface area contributed by atoms with Crippen LogP contribution in [0.4, 0.5) is 0 Å². The molecule has 0 unspecified atom stereocenters. The van der Waals surface area contributed by atoms with Gasteiger partial charge in [-0.05, 0) is 12.8 Å². The monoisotopic (exact) mass is 307 g/mol. The van der Waals surface area contributed by atoms with Crippen molar-refractivity contribution in [3.05, 3.63) is 16.1 Å². The summed E-state index contributed by atoms with van der Waals surface area (Å²) < 4.78 is 0. The van der Waals surface area contributed by atoms with Gasteiger partial charge in [-0.25, -0.2) is 4.98 Å². The number of amides is 2. The van der Waals surface area contributed by atoms with Gasteiger partial charge in [0.15, 0.2) is 0 Å². The molecule has 2 amide bonds. The van der Waals surface area contributed by atoms with E-state index in [0.29, 0.717) is 30.6 Å². The molecule has 2 atom stereocenters. The molecule has 6 heteroatoms. The van der Waals surface area contributed by atoms with Gasteiger partial charge in [0.25, 0.3) is 5.91 Å². The van der Waals surface area contributed by atoms with Crippen LogP contribution in [0, 0.1) is 24.7 Å². The molecule has 0 spiro atoms. The van der Waals surface area contributed by atoms with Crippen molar-refractivity contribution in [3.8, 4) is 0 Å². The average Bonchev–Trinajstić information content (AvgIpc) is 3.07. The van der Waals surface area contributed by atoms with E-state index in [2.05, 4.69) is 18.8 Å². The molecule has 0 saturated carbocycles. The van der Waals surface area contributed by atoms with Gasteiger partial charge >= 0.3 is 0 Å². The molecule has 0 radical (unpaired) electrons. The lowest BCUT2D eigenvalue weighted by atomic mass is 10.0. The molecule has 21 heavy (non-hydrogen) atoms. The van der Waals surface area contributed by atoms with E-state index in [1.54, 1.807) is 10.3 Å². The van der Waals surface area contributed by atoms with Crippen molar-refractivity contribution in [2.24, 2.45) is 17.8 Å². The lowest BCUT2D eigenvalue weighted by Gasteiger charge is -2.22. The number of rotatable bonds is 3. The van der Waals surface area contributed by atoms with E-state index in [4.69, 9.17) is 0 Å². The highest BCUT2D eigenvalue weighted by Crippen LogP contribution is 2.33. The molecule has 1 aromatic rings. The third-order valence-corrected chi connectivity index (χ3v) is 5.01. The Morgan fingerprint density at radius 3 is 2.76 bits per heavy atom. The Morgan fingerprint density at radius 1 is 1.43 bits per heavy atom. The summed E-state index contributed by atoms with van der Waals surface area (Å²) in [7, 11) is 0. The molecular weight excluding hydrogens is 286 g/mol. The standard InChI is InChI=1S/C15H21N3O2S/c1-9(2)4-17-5-11-6-18(7-12(11)14(17)19)15(20)13-8-21-10(3)16-13/h8-9,11-12H,4-7H2,1-3H3/t11-,12+/m1/s1. The van der Waals surface area contributed by atoms with Gasteiger partial charge in [-0.1, -0.05) is 13.8 Å². The predicted molar refractivity (Wildman–Crippen MR) is 81.2 cm³/mol. The first-order chi connectivity index (χ1) is 9.95. The van der Waals surface area contributed by atoms with Gasteiger partial charge < -0.3 is 9.80 Å². The van der Waals surface area contributed by atoms with Crippen molar-refractivity contribution in [2.75, 3.05) is 26.2 Å². The number of fused-ring (bicyclic) bond motifs is 1. The molecule has 2 aliphatic rings. The van der Waals surface area contributed by atoms with Crippen LogP contribution in [0.3, 0.4) is 0 Å². The Balaban J connectivity index is 1.66. The Labute approximate surface area is 129 Å². The normalized spacial score (nSPS) is 25.0. The van der Waals surface area contributed by atoms with Crippen molar-refractivity contribution < 1.29 is 9.59 Å². The van der Waals surface area contributed by atoms with Crippen molar-refractivity contribution in [1.82, 2.24) is 14.8 Å². The minimum Gasteiger partial charge on any atom is -0.342 e. The first kappa shape index (κ1) is 14.5. The van der Waals surface area contributed by atoms with Gasteiger partial charge in [0.05, 0.1) is 10.9 Å². The first-order valence-corrected chi connectivity index (χ1v) is 8.34. The molecule has 2 fully saturated rings. The van der Waals surface area contributed by atoms with E-state index in [1.807, 2.05) is 11.8 Å². The highest BCUT2D eigenvalue weighted by molar-refractivity contribution is 7.09. The van der Waals surface area contributed by atoms with E-state index in [-0.39, 0.29) is 17.7 Å². The second-order valence-electron chi connectivity index (χ2n) is 6.47. The second-order valence-corrected chi connectivity index (χ2v) is 7.53. The van der Waals surface area contributed by atoms with Crippen LogP contribution in [0.15, 0.2) is 5.38 Å². The van der Waals surface area contributed by atoms with Gasteiger partial charge in [-0.3, -0.25) is 9.59 Å². The van der Waals surface area contributed by atoms with E-state index in [1.165, 1.54) is 11.3 Å². The van der Waals surface area contributed by atoms with E-state index >= 15 is 0 Å². The minimum absolute atomic E-state index is 0.00701. The number of aromatic nitrogens is 1. The van der Waals surface area contributed by atoms with Crippen LogP contribution < -0.4 is 0 Å². The van der Waals surface area contributed by atoms with Crippen LogP contribution in [-0.4, -0.2) is 52.8 Å². The molecule has 2 aliphatic heterocycles. The zero-order valence-electron chi connectivity index (χ0n) is 12.7. The highest BCUT2D eigenvalue weighted by atomic mass is 32.1. The number of hydrogen-bond donors (Lipinski definition) is 0. The summed E-state index contributed by atoms with van der Waals surface area (Å²) in [6, 6.07) is 0. The zero-order chi connectivity index (χ0) is 15.1. The van der Waals surface area contributed by atoms with E-state index < -0.39 is 0 Å². The fourth-order valence-electron chi connectivity index (χ4n) is 3.34. The van der Waals surface area contributed by atoms with Crippen LogP contribution in [0.1, 0.15) is 29.3 Å². The first-order valence-electron chi connectivity index (χ1n) is 7.46. The molecule has 5 nitrogen and oxygen atoms in total. The highest BCUT2D eigenvalue weighted by Gasteiger charge is 2.47. The van der Waals surface area contributed by atoms with Crippen molar-refractivity contribution in [2.45, 2.75) is 20.8 Å². The molecule has 0 N–H and O–H groups in total. The SMILES string of the molecule is Cc1nc(C(=O)N2C[C@H]3CN(CC(C)C)C(=O)[C@H]3C2)cs1. The molecule has 0 aromatic carbocycles. The smallest absolute Gasteiger partial charge is 0.273 e. The number of carbonyl (C=O) groups excluding carboxylic acids is 2. The Hall–Kier alpha value is -1.43. The summed E-state index contributed by atoms with van der Waals surface area (Å²) in [4.78, 5) is 32.8. The topological polar surface area (TPSA) is 53.5 Å². The van der Waals surface area contributed by atoms with Crippen LogP contribution in [-0.2, 0) is 4.79 Å². The second kappa shape index (κ2) is 5.40. The maximum Gasteiger partial charge on any atom is 0.273 e. The molecular formula is C15H21N3O2S. The van der Waals surface area contributed by atoms with Gasteiger partial charge in [0.2, 0.25) is 5.91 Å². The molecule has 0 aliphatic carbocycles. The third kappa shape index (κ3) is 2.69. The fraction of sp³-hybridized carbons (Fsp3) is 0.667. The number of hydrogen-bond acceptors (Lipinski definition) is 4. The van der Waals surface area contributed by atoms with Gasteiger partial charge in [0, 0.05) is 37.5 Å². The summed E-state index contributed by atoms with van der Waals surface area (Å²) in [5, 5.41) is 2.70. The molecule has 114 valence electrons. The maximum atomic E-state index is 12.4. The van der Waals surface area contributed by atoms with E-state index in [9.17, 15) is 9.59 Å². The van der Waals surface area contributed by atoms with Crippen molar-refractivity contribution in [1.29, 1.82) is 0 Å². The van der Waals surface area contributed by atoms with Crippen molar-refractivity contribution in [3.63, 3.8) is 0 Å². The fourth-order valence-corrected chi connectivity index (χ4v) is 3.93. The number of likely N-dealkylation sites (tertiary alicyclic amines) is 2. The van der Waals surface area contributed by atoms with Crippen LogP contribution >= 0.6 is 11.3 Å². The largest absolute Gasteiger partial charge is 0.342 e. The number of nitrogens with zero attached hydrogens (tertiary/aromatic N) is 3. The van der Waals surface area contributed by atoms with Gasteiger partial charge in [-0.2, -0.15) is 0 Å². The number of carbonyl (C=O) groups is 2. The lowest BCUT2D eigenvalue weighted by Crippen LogP contribution is -2.37.